The summed E-state index contributed by atoms with van der Waals surface area (Å²) >= 11 is 1.62. The Kier molecular flexibility index (Phi) is 7.13. The molecule has 5 heterocycles. The van der Waals surface area contributed by atoms with E-state index >= 15 is 4.39 Å². The van der Waals surface area contributed by atoms with Crippen LogP contribution in [0.1, 0.15) is 22.4 Å². The first kappa shape index (κ1) is 25.5. The second kappa shape index (κ2) is 11.2. The molecule has 0 atom stereocenters. The van der Waals surface area contributed by atoms with Crippen molar-refractivity contribution in [2.45, 2.75) is 20.0 Å². The van der Waals surface area contributed by atoms with Crippen molar-refractivity contribution in [3.05, 3.63) is 119 Å². The van der Waals surface area contributed by atoms with E-state index in [9.17, 15) is 0 Å². The molecule has 0 aliphatic carbocycles. The number of hydrogen-bond donors (Lipinski definition) is 3. The van der Waals surface area contributed by atoms with E-state index in [4.69, 9.17) is 0 Å². The van der Waals surface area contributed by atoms with Gasteiger partial charge in [-0.1, -0.05) is 36.9 Å². The van der Waals surface area contributed by atoms with Crippen LogP contribution in [0.2, 0.25) is 0 Å². The maximum atomic E-state index is 16.0. The summed E-state index contributed by atoms with van der Waals surface area (Å²) in [5.41, 5.74) is 7.99. The van der Waals surface area contributed by atoms with Gasteiger partial charge in [-0.3, -0.25) is 20.1 Å². The third-order valence-corrected chi connectivity index (χ3v) is 7.37. The summed E-state index contributed by atoms with van der Waals surface area (Å²) in [4.78, 5) is 13.3. The predicted molar refractivity (Wildman–Crippen MR) is 159 cm³/mol. The minimum atomic E-state index is -0.481. The van der Waals surface area contributed by atoms with Gasteiger partial charge in [-0.2, -0.15) is 16.4 Å². The molecule has 3 N–H and O–H groups in total. The minimum absolute atomic E-state index is 0.209. The molecule has 5 aromatic heterocycles. The number of aromatic nitrogens is 5. The third kappa shape index (κ3) is 5.12. The van der Waals surface area contributed by atoms with Crippen molar-refractivity contribution in [2.24, 2.45) is 0 Å². The highest BCUT2D eigenvalue weighted by atomic mass is 32.1. The normalized spacial score (nSPS) is 11.2. The third-order valence-electron chi connectivity index (χ3n) is 6.68. The number of nitrogens with zero attached hydrogens (tertiary/aromatic N) is 4. The Morgan fingerprint density at radius 2 is 1.82 bits per heavy atom. The Balaban J connectivity index is 1.26. The lowest BCUT2D eigenvalue weighted by molar-refractivity contribution is 0.637. The minimum Gasteiger partial charge on any atom is -0.354 e. The standard InChI is InChI=1S/C31H26FN7S/c1-19-25(8-10-35-29(19)23-9-11-40-18-23)37-20(2)30-27-26(38-39-30)17-36-31(28(27)32)24-12-22(15-34-16-24)14-33-13-21-6-4-3-5-7-21/h3-12,15-18,33H,2,13-14H2,1H3,(H,35,37)(H,38,39). The van der Waals surface area contributed by atoms with Crippen LogP contribution in [0.5, 0.6) is 0 Å². The Morgan fingerprint density at radius 3 is 2.65 bits per heavy atom. The average molecular weight is 548 g/mol. The first-order chi connectivity index (χ1) is 19.6. The van der Waals surface area contributed by atoms with Crippen molar-refractivity contribution in [1.82, 2.24) is 30.5 Å². The van der Waals surface area contributed by atoms with Gasteiger partial charge >= 0.3 is 0 Å². The summed E-state index contributed by atoms with van der Waals surface area (Å²) in [6.07, 6.45) is 6.73. The summed E-state index contributed by atoms with van der Waals surface area (Å²) < 4.78 is 16.0. The maximum absolute atomic E-state index is 16.0. The highest BCUT2D eigenvalue weighted by Gasteiger charge is 2.20. The lowest BCUT2D eigenvalue weighted by Crippen LogP contribution is -2.12. The quantitative estimate of drug-likeness (QED) is 0.181. The summed E-state index contributed by atoms with van der Waals surface area (Å²) in [5, 5.41) is 18.4. The average Bonchev–Trinajstić information content (AvgIpc) is 3.66. The van der Waals surface area contributed by atoms with Crippen LogP contribution in [0.4, 0.5) is 10.1 Å². The smallest absolute Gasteiger partial charge is 0.161 e. The molecule has 1 aromatic carbocycles. The molecule has 0 radical (unpaired) electrons. The van der Waals surface area contributed by atoms with Crippen LogP contribution in [0.15, 0.2) is 90.7 Å². The molecule has 6 aromatic rings. The molecule has 0 fully saturated rings. The Labute approximate surface area is 234 Å². The maximum Gasteiger partial charge on any atom is 0.161 e. The fourth-order valence-electron chi connectivity index (χ4n) is 4.64. The van der Waals surface area contributed by atoms with Crippen molar-refractivity contribution in [1.29, 1.82) is 0 Å². The van der Waals surface area contributed by atoms with Gasteiger partial charge < -0.3 is 10.6 Å². The molecule has 0 saturated carbocycles. The number of fused-ring (bicyclic) bond motifs is 1. The Bertz CT molecular complexity index is 1800. The van der Waals surface area contributed by atoms with E-state index in [0.29, 0.717) is 34.4 Å². The van der Waals surface area contributed by atoms with E-state index < -0.39 is 5.82 Å². The molecule has 0 bridgehead atoms. The predicted octanol–water partition coefficient (Wildman–Crippen LogP) is 6.96. The Morgan fingerprint density at radius 1 is 0.975 bits per heavy atom. The molecule has 0 unspecified atom stereocenters. The number of aromatic amines is 1. The van der Waals surface area contributed by atoms with Crippen LogP contribution in [0.3, 0.4) is 0 Å². The highest BCUT2D eigenvalue weighted by molar-refractivity contribution is 7.08. The van der Waals surface area contributed by atoms with E-state index in [1.165, 1.54) is 5.56 Å². The van der Waals surface area contributed by atoms with Gasteiger partial charge in [-0.05, 0) is 47.2 Å². The summed E-state index contributed by atoms with van der Waals surface area (Å²) in [6, 6.07) is 16.0. The fraction of sp³-hybridized carbons (Fsp3) is 0.0968. The number of anilines is 1. The second-order valence-corrected chi connectivity index (χ2v) is 10.2. The molecule has 7 nitrogen and oxygen atoms in total. The summed E-state index contributed by atoms with van der Waals surface area (Å²) in [5.74, 6) is -0.481. The van der Waals surface area contributed by atoms with Gasteiger partial charge in [0.15, 0.2) is 5.82 Å². The zero-order valence-electron chi connectivity index (χ0n) is 21.8. The van der Waals surface area contributed by atoms with Crippen molar-refractivity contribution in [2.75, 3.05) is 5.32 Å². The molecule has 9 heteroatoms. The van der Waals surface area contributed by atoms with Crippen LogP contribution in [0.25, 0.3) is 39.1 Å². The largest absolute Gasteiger partial charge is 0.354 e. The first-order valence-corrected chi connectivity index (χ1v) is 13.7. The van der Waals surface area contributed by atoms with E-state index in [1.807, 2.05) is 48.7 Å². The number of halogens is 1. The molecular formula is C31H26FN7S. The lowest BCUT2D eigenvalue weighted by Gasteiger charge is -2.13. The second-order valence-electron chi connectivity index (χ2n) is 9.40. The van der Waals surface area contributed by atoms with Gasteiger partial charge in [0.2, 0.25) is 0 Å². The first-order valence-electron chi connectivity index (χ1n) is 12.7. The molecule has 0 aliphatic heterocycles. The van der Waals surface area contributed by atoms with Crippen LogP contribution >= 0.6 is 11.3 Å². The highest BCUT2D eigenvalue weighted by Crippen LogP contribution is 2.33. The van der Waals surface area contributed by atoms with E-state index in [2.05, 4.69) is 59.9 Å². The molecule has 40 heavy (non-hydrogen) atoms. The Hall–Kier alpha value is -4.73. The van der Waals surface area contributed by atoms with E-state index in [-0.39, 0.29) is 5.69 Å². The molecule has 0 spiro atoms. The van der Waals surface area contributed by atoms with Crippen molar-refractivity contribution in [3.8, 4) is 22.5 Å². The van der Waals surface area contributed by atoms with Gasteiger partial charge in [0.05, 0.1) is 28.5 Å². The van der Waals surface area contributed by atoms with Gasteiger partial charge in [-0.15, -0.1) is 0 Å². The number of H-pyrrole nitrogens is 1. The van der Waals surface area contributed by atoms with Gasteiger partial charge in [0, 0.05) is 53.9 Å². The van der Waals surface area contributed by atoms with Crippen molar-refractivity contribution >= 4 is 33.6 Å². The van der Waals surface area contributed by atoms with Crippen LogP contribution in [-0.2, 0) is 13.1 Å². The number of rotatable bonds is 9. The van der Waals surface area contributed by atoms with Crippen molar-refractivity contribution < 1.29 is 4.39 Å². The number of nitrogens with one attached hydrogen (secondary N) is 3. The summed E-state index contributed by atoms with van der Waals surface area (Å²) in [6.45, 7) is 7.49. The van der Waals surface area contributed by atoms with Crippen LogP contribution in [0, 0.1) is 12.7 Å². The fourth-order valence-corrected chi connectivity index (χ4v) is 5.28. The number of thiophene rings is 1. The zero-order chi connectivity index (χ0) is 27.5. The number of pyridine rings is 3. The lowest BCUT2D eigenvalue weighted by atomic mass is 10.1. The molecule has 198 valence electrons. The number of benzene rings is 1. The number of hydrogen-bond acceptors (Lipinski definition) is 7. The molecule has 0 saturated heterocycles. The SMILES string of the molecule is C=C(Nc1ccnc(-c2ccsc2)c1C)c1n[nH]c2cnc(-c3cncc(CNCc4ccccc4)c3)c(F)c12. The molecule has 6 rings (SSSR count). The molecule has 0 aliphatic rings. The topological polar surface area (TPSA) is 91.4 Å². The monoisotopic (exact) mass is 547 g/mol. The summed E-state index contributed by atoms with van der Waals surface area (Å²) in [7, 11) is 0. The van der Waals surface area contributed by atoms with Crippen LogP contribution < -0.4 is 10.6 Å². The molecule has 0 amide bonds. The van der Waals surface area contributed by atoms with Crippen LogP contribution in [-0.4, -0.2) is 25.1 Å². The van der Waals surface area contributed by atoms with Gasteiger partial charge in [0.1, 0.15) is 11.4 Å². The molecular weight excluding hydrogens is 521 g/mol. The van der Waals surface area contributed by atoms with Crippen molar-refractivity contribution in [3.63, 3.8) is 0 Å². The van der Waals surface area contributed by atoms with Gasteiger partial charge in [0.25, 0.3) is 0 Å². The zero-order valence-corrected chi connectivity index (χ0v) is 22.6. The van der Waals surface area contributed by atoms with Gasteiger partial charge in [-0.25, -0.2) is 4.39 Å². The van der Waals surface area contributed by atoms with E-state index in [0.717, 1.165) is 34.6 Å². The van der Waals surface area contributed by atoms with E-state index in [1.54, 1.807) is 36.1 Å².